The number of guanidine groups is 1. The van der Waals surface area contributed by atoms with Crippen molar-refractivity contribution in [3.05, 3.63) is 47.0 Å². The van der Waals surface area contributed by atoms with Crippen LogP contribution in [0.3, 0.4) is 0 Å². The quantitative estimate of drug-likeness (QED) is 0.569. The van der Waals surface area contributed by atoms with Gasteiger partial charge in [0.15, 0.2) is 11.8 Å². The summed E-state index contributed by atoms with van der Waals surface area (Å²) in [7, 11) is 1.84. The summed E-state index contributed by atoms with van der Waals surface area (Å²) in [6, 6.07) is 9.05. The van der Waals surface area contributed by atoms with Crippen LogP contribution in [-0.2, 0) is 17.7 Å². The highest BCUT2D eigenvalue weighted by molar-refractivity contribution is 5.80. The largest absolute Gasteiger partial charge is 0.373 e. The zero-order chi connectivity index (χ0) is 21.8. The fourth-order valence-corrected chi connectivity index (χ4v) is 4.48. The summed E-state index contributed by atoms with van der Waals surface area (Å²) in [5, 5.41) is 11.8. The molecule has 4 rings (SSSR count). The lowest BCUT2D eigenvalue weighted by atomic mass is 9.89. The maximum Gasteiger partial charge on any atom is 0.191 e. The van der Waals surface area contributed by atoms with Gasteiger partial charge < -0.3 is 15.4 Å². The van der Waals surface area contributed by atoms with Gasteiger partial charge in [0.25, 0.3) is 0 Å². The minimum atomic E-state index is 0.141. The van der Waals surface area contributed by atoms with Crippen LogP contribution in [0.5, 0.6) is 0 Å². The summed E-state index contributed by atoms with van der Waals surface area (Å²) in [6.07, 6.45) is 4.39. The van der Waals surface area contributed by atoms with E-state index < -0.39 is 0 Å². The third-order valence-electron chi connectivity index (χ3n) is 6.34. The smallest absolute Gasteiger partial charge is 0.191 e. The second-order valence-electron chi connectivity index (χ2n) is 9.16. The van der Waals surface area contributed by atoms with Crippen molar-refractivity contribution in [2.45, 2.75) is 71.1 Å². The SMILES string of the molecule is CN=C(NCC1CCCOC1c1ccc(C)cc1)NC1CCc2nc(C(C)C)nn2C1. The number of hydrogen-bond donors (Lipinski definition) is 2. The molecule has 1 aromatic heterocycles. The van der Waals surface area contributed by atoms with E-state index in [1.54, 1.807) is 0 Å². The lowest BCUT2D eigenvalue weighted by Gasteiger charge is -2.33. The van der Waals surface area contributed by atoms with Crippen LogP contribution in [0.4, 0.5) is 0 Å². The first-order chi connectivity index (χ1) is 15.0. The fourth-order valence-electron chi connectivity index (χ4n) is 4.48. The Labute approximate surface area is 185 Å². The standard InChI is InChI=1S/C24H36N6O/c1-16(2)23-28-21-12-11-20(15-30(21)29-23)27-24(25-4)26-14-19-6-5-13-31-22(19)18-9-7-17(3)8-10-18/h7-10,16,19-20,22H,5-6,11-15H2,1-4H3,(H2,25,26,27). The van der Waals surface area contributed by atoms with Gasteiger partial charge in [0.05, 0.1) is 12.6 Å². The Morgan fingerprint density at radius 1 is 1.26 bits per heavy atom. The summed E-state index contributed by atoms with van der Waals surface area (Å²) < 4.78 is 8.24. The number of rotatable bonds is 5. The molecule has 3 unspecified atom stereocenters. The second-order valence-corrected chi connectivity index (χ2v) is 9.16. The van der Waals surface area contributed by atoms with E-state index >= 15 is 0 Å². The Hall–Kier alpha value is -2.41. The van der Waals surface area contributed by atoms with Gasteiger partial charge in [-0.15, -0.1) is 0 Å². The summed E-state index contributed by atoms with van der Waals surface area (Å²) in [4.78, 5) is 9.16. The highest BCUT2D eigenvalue weighted by Crippen LogP contribution is 2.33. The Balaban J connectivity index is 1.34. The topological polar surface area (TPSA) is 76.4 Å². The minimum Gasteiger partial charge on any atom is -0.373 e. The predicted octanol–water partition coefficient (Wildman–Crippen LogP) is 3.36. The van der Waals surface area contributed by atoms with Crippen LogP contribution in [0.1, 0.15) is 67.9 Å². The average molecular weight is 425 g/mol. The molecule has 0 aliphatic carbocycles. The van der Waals surface area contributed by atoms with Crippen LogP contribution in [0.2, 0.25) is 0 Å². The van der Waals surface area contributed by atoms with E-state index in [9.17, 15) is 0 Å². The van der Waals surface area contributed by atoms with E-state index in [-0.39, 0.29) is 6.10 Å². The lowest BCUT2D eigenvalue weighted by molar-refractivity contribution is -0.0265. The highest BCUT2D eigenvalue weighted by atomic mass is 16.5. The van der Waals surface area contributed by atoms with Crippen molar-refractivity contribution in [3.8, 4) is 0 Å². The normalized spacial score (nSPS) is 24.2. The van der Waals surface area contributed by atoms with E-state index in [0.717, 1.165) is 63.0 Å². The van der Waals surface area contributed by atoms with E-state index in [1.807, 2.05) is 7.05 Å². The van der Waals surface area contributed by atoms with Crippen molar-refractivity contribution < 1.29 is 4.74 Å². The molecule has 0 spiro atoms. The number of benzene rings is 1. The number of aromatic nitrogens is 3. The first-order valence-corrected chi connectivity index (χ1v) is 11.6. The maximum atomic E-state index is 6.17. The van der Waals surface area contributed by atoms with Crippen LogP contribution in [-0.4, -0.2) is 47.0 Å². The molecule has 0 amide bonds. The van der Waals surface area contributed by atoms with Gasteiger partial charge in [0, 0.05) is 44.5 Å². The monoisotopic (exact) mass is 424 g/mol. The van der Waals surface area contributed by atoms with Crippen molar-refractivity contribution in [1.82, 2.24) is 25.4 Å². The molecule has 1 fully saturated rings. The van der Waals surface area contributed by atoms with Gasteiger partial charge in [0.2, 0.25) is 0 Å². The number of hydrogen-bond acceptors (Lipinski definition) is 4. The van der Waals surface area contributed by atoms with E-state index in [1.165, 1.54) is 11.1 Å². The Morgan fingerprint density at radius 3 is 2.81 bits per heavy atom. The zero-order valence-electron chi connectivity index (χ0n) is 19.3. The van der Waals surface area contributed by atoms with Gasteiger partial charge in [0.1, 0.15) is 5.82 Å². The van der Waals surface area contributed by atoms with Crippen molar-refractivity contribution in [1.29, 1.82) is 0 Å². The molecule has 2 aliphatic rings. The van der Waals surface area contributed by atoms with Gasteiger partial charge in [-0.2, -0.15) is 5.10 Å². The molecular weight excluding hydrogens is 388 g/mol. The van der Waals surface area contributed by atoms with E-state index in [0.29, 0.717) is 17.9 Å². The highest BCUT2D eigenvalue weighted by Gasteiger charge is 2.28. The van der Waals surface area contributed by atoms with Crippen molar-refractivity contribution in [2.24, 2.45) is 10.9 Å². The Morgan fingerprint density at radius 2 is 2.06 bits per heavy atom. The molecule has 3 atom stereocenters. The van der Waals surface area contributed by atoms with Crippen molar-refractivity contribution in [2.75, 3.05) is 20.2 Å². The summed E-state index contributed by atoms with van der Waals surface area (Å²) >= 11 is 0. The number of nitrogens with zero attached hydrogens (tertiary/aromatic N) is 4. The molecule has 0 bridgehead atoms. The molecule has 2 aromatic rings. The molecule has 7 nitrogen and oxygen atoms in total. The molecule has 7 heteroatoms. The second kappa shape index (κ2) is 9.81. The number of nitrogens with one attached hydrogen (secondary N) is 2. The van der Waals surface area contributed by atoms with Crippen LogP contribution < -0.4 is 10.6 Å². The molecule has 3 heterocycles. The number of aryl methyl sites for hydroxylation is 2. The van der Waals surface area contributed by atoms with Gasteiger partial charge in [-0.05, 0) is 31.7 Å². The molecule has 2 aliphatic heterocycles. The minimum absolute atomic E-state index is 0.141. The third kappa shape index (κ3) is 5.26. The first kappa shape index (κ1) is 21.8. The number of aliphatic imine (C=N–C) groups is 1. The molecular formula is C24H36N6O. The molecule has 31 heavy (non-hydrogen) atoms. The number of ether oxygens (including phenoxy) is 1. The van der Waals surface area contributed by atoms with Crippen LogP contribution in [0, 0.1) is 12.8 Å². The van der Waals surface area contributed by atoms with E-state index in [4.69, 9.17) is 9.84 Å². The molecule has 0 radical (unpaired) electrons. The van der Waals surface area contributed by atoms with E-state index in [2.05, 4.69) is 70.3 Å². The predicted molar refractivity (Wildman–Crippen MR) is 123 cm³/mol. The zero-order valence-corrected chi connectivity index (χ0v) is 19.3. The Bertz CT molecular complexity index is 888. The van der Waals surface area contributed by atoms with Gasteiger partial charge in [-0.25, -0.2) is 9.67 Å². The molecule has 0 saturated carbocycles. The van der Waals surface area contributed by atoms with Crippen LogP contribution in [0.25, 0.3) is 0 Å². The fraction of sp³-hybridized carbons (Fsp3) is 0.625. The maximum absolute atomic E-state index is 6.17. The van der Waals surface area contributed by atoms with Gasteiger partial charge >= 0.3 is 0 Å². The molecule has 168 valence electrons. The summed E-state index contributed by atoms with van der Waals surface area (Å²) in [6.45, 7) is 8.91. The molecule has 1 aromatic carbocycles. The third-order valence-corrected chi connectivity index (χ3v) is 6.34. The summed E-state index contributed by atoms with van der Waals surface area (Å²) in [5.41, 5.74) is 2.55. The molecule has 2 N–H and O–H groups in total. The van der Waals surface area contributed by atoms with Crippen LogP contribution in [0.15, 0.2) is 29.3 Å². The Kier molecular flexibility index (Phi) is 6.90. The number of fused-ring (bicyclic) bond motifs is 1. The van der Waals surface area contributed by atoms with Gasteiger partial charge in [-0.3, -0.25) is 4.99 Å². The first-order valence-electron chi connectivity index (χ1n) is 11.6. The molecule has 1 saturated heterocycles. The van der Waals surface area contributed by atoms with Crippen LogP contribution >= 0.6 is 0 Å². The van der Waals surface area contributed by atoms with Crippen molar-refractivity contribution in [3.63, 3.8) is 0 Å². The van der Waals surface area contributed by atoms with Crippen molar-refractivity contribution >= 4 is 5.96 Å². The summed E-state index contributed by atoms with van der Waals surface area (Å²) in [5.74, 6) is 3.68. The average Bonchev–Trinajstić information content (AvgIpc) is 3.21. The lowest BCUT2D eigenvalue weighted by Crippen LogP contribution is -2.48. The van der Waals surface area contributed by atoms with Gasteiger partial charge in [-0.1, -0.05) is 43.7 Å².